The van der Waals surface area contributed by atoms with Crippen molar-refractivity contribution >= 4 is 76.8 Å². The van der Waals surface area contributed by atoms with Crippen LogP contribution in [0, 0.1) is 27.7 Å². The number of rotatable bonds is 9. The Bertz CT molecular complexity index is 2670. The van der Waals surface area contributed by atoms with Crippen LogP contribution in [0.3, 0.4) is 0 Å². The number of benzene rings is 2. The Morgan fingerprint density at radius 3 is 1.44 bits per heavy atom. The number of carbonyl (C=O) groups is 3. The number of halogens is 3. The zero-order valence-electron chi connectivity index (χ0n) is 38.9. The van der Waals surface area contributed by atoms with Gasteiger partial charge in [0.15, 0.2) is 0 Å². The first kappa shape index (κ1) is 50.9. The molecule has 2 fully saturated rings. The maximum Gasteiger partial charge on any atom is 0.412 e. The summed E-state index contributed by atoms with van der Waals surface area (Å²) in [6.45, 7) is 15.2. The van der Waals surface area contributed by atoms with E-state index in [0.717, 1.165) is 42.5 Å². The lowest BCUT2D eigenvalue weighted by molar-refractivity contribution is 0.0634. The molecule has 18 nitrogen and oxygen atoms in total. The van der Waals surface area contributed by atoms with Gasteiger partial charge in [-0.2, -0.15) is 0 Å². The number of anilines is 4. The van der Waals surface area contributed by atoms with Gasteiger partial charge in [-0.3, -0.25) is 14.9 Å². The number of nitrogens with zero attached hydrogens (tertiary/aromatic N) is 8. The number of aryl methyl sites for hydroxylation is 4. The Morgan fingerprint density at radius 2 is 1.07 bits per heavy atom. The number of nitrogens with two attached hydrogens (primary N) is 1. The number of amides is 3. The summed E-state index contributed by atoms with van der Waals surface area (Å²) in [5.41, 5.74) is 11.7. The summed E-state index contributed by atoms with van der Waals surface area (Å²) in [7, 11) is 0. The van der Waals surface area contributed by atoms with Crippen molar-refractivity contribution in [3.8, 4) is 22.5 Å². The van der Waals surface area contributed by atoms with E-state index < -0.39 is 11.7 Å². The predicted octanol–water partition coefficient (Wildman–Crippen LogP) is 9.59. The predicted molar refractivity (Wildman–Crippen MR) is 264 cm³/mol. The van der Waals surface area contributed by atoms with Crippen LogP contribution < -0.4 is 21.7 Å². The fourth-order valence-corrected chi connectivity index (χ4v) is 8.16. The highest BCUT2D eigenvalue weighted by molar-refractivity contribution is 6.33. The molecule has 0 saturated carbocycles. The molecule has 5 N–H and O–H groups in total. The third-order valence-corrected chi connectivity index (χ3v) is 11.7. The van der Waals surface area contributed by atoms with Crippen molar-refractivity contribution in [2.45, 2.75) is 91.8 Å². The molecule has 2 aliphatic heterocycles. The molecule has 0 radical (unpaired) electrons. The third kappa shape index (κ3) is 12.7. The molecule has 3 amide bonds. The van der Waals surface area contributed by atoms with E-state index >= 15 is 0 Å². The van der Waals surface area contributed by atoms with Crippen molar-refractivity contribution in [2.24, 2.45) is 0 Å². The second kappa shape index (κ2) is 22.1. The highest BCUT2D eigenvalue weighted by Gasteiger charge is 2.27. The zero-order chi connectivity index (χ0) is 48.0. The summed E-state index contributed by atoms with van der Waals surface area (Å²) in [6, 6.07) is 14.1. The smallest absolute Gasteiger partial charge is 0.412 e. The minimum Gasteiger partial charge on any atom is -0.444 e. The zero-order valence-corrected chi connectivity index (χ0v) is 41.2. The Labute approximate surface area is 410 Å². The fraction of sp³-hybridized carbons (Fsp3) is 0.383. The molecule has 2 aliphatic rings. The average molecular weight is 990 g/mol. The number of likely N-dealkylation sites (tertiary alicyclic amines) is 2. The molecular weight excluding hydrogens is 935 g/mol. The minimum atomic E-state index is -0.585. The summed E-state index contributed by atoms with van der Waals surface area (Å²) in [6.07, 6.45) is 5.70. The Morgan fingerprint density at radius 1 is 0.676 bits per heavy atom. The van der Waals surface area contributed by atoms with Crippen molar-refractivity contribution in [1.29, 1.82) is 0 Å². The second-order valence-corrected chi connectivity index (χ2v) is 18.2. The van der Waals surface area contributed by atoms with Crippen molar-refractivity contribution in [1.82, 2.24) is 40.0 Å². The van der Waals surface area contributed by atoms with E-state index in [4.69, 9.17) is 42.7 Å². The van der Waals surface area contributed by atoms with E-state index in [1.165, 1.54) is 0 Å². The van der Waals surface area contributed by atoms with Gasteiger partial charge >= 0.3 is 6.09 Å². The number of aromatic nitrogens is 6. The lowest BCUT2D eigenvalue weighted by Gasteiger charge is -2.32. The summed E-state index contributed by atoms with van der Waals surface area (Å²) < 4.78 is 15.7. The SMILES string of the molecule is Cc1noc(C)c1-c1nc(NC2CCN(C(=O)c3ccc(N)cc3)CC2)ncc1Cl.Cc1noc(C)c1-c1nc(NC2CCN(C(=O)c3ccc(NC(=O)OC(C)(C)C)cc3)CC2)ncc1Cl.Cl. The van der Waals surface area contributed by atoms with Crippen LogP contribution in [0.15, 0.2) is 70.0 Å². The molecule has 0 aliphatic carbocycles. The summed E-state index contributed by atoms with van der Waals surface area (Å²) in [5.74, 6) is 2.25. The molecule has 8 rings (SSSR count). The Hall–Kier alpha value is -6.50. The van der Waals surface area contributed by atoms with Crippen LogP contribution in [-0.4, -0.2) is 102 Å². The molecule has 4 aromatic heterocycles. The first-order chi connectivity index (χ1) is 31.9. The Balaban J connectivity index is 0.000000225. The molecule has 6 heterocycles. The first-order valence-electron chi connectivity index (χ1n) is 21.9. The van der Waals surface area contributed by atoms with Gasteiger partial charge in [0, 0.05) is 60.8 Å². The van der Waals surface area contributed by atoms with Crippen molar-refractivity contribution < 1.29 is 28.2 Å². The topological polar surface area (TPSA) is 233 Å². The van der Waals surface area contributed by atoms with E-state index in [1.54, 1.807) is 81.7 Å². The van der Waals surface area contributed by atoms with Crippen LogP contribution >= 0.6 is 35.6 Å². The molecule has 6 aromatic rings. The molecule has 2 aromatic carbocycles. The number of ether oxygens (including phenoxy) is 1. The summed E-state index contributed by atoms with van der Waals surface area (Å²) in [5, 5.41) is 18.2. The Kier molecular flexibility index (Phi) is 16.5. The van der Waals surface area contributed by atoms with Gasteiger partial charge in [-0.1, -0.05) is 33.5 Å². The van der Waals surface area contributed by atoms with E-state index in [0.29, 0.717) is 99.2 Å². The molecular formula is C47H55Cl3N12O6. The van der Waals surface area contributed by atoms with E-state index in [2.05, 4.69) is 46.2 Å². The standard InChI is InChI=1S/C26H31ClN6O4.C21H23ClN6O2.ClH/c1-15-21(16(2)37-32-15)22-20(27)14-28-24(31-22)29-19-10-12-33(13-11-19)23(34)17-6-8-18(9-7-17)30-25(35)36-26(3,4)5;1-12-18(13(2)30-27-12)19-17(22)11-24-21(26-19)25-16-7-9-28(10-8-16)20(29)14-3-5-15(23)6-4-14;/h6-9,14,19H,10-13H2,1-5H3,(H,30,35)(H,28,29,31);3-6,11,16H,7-10,23H2,1-2H3,(H,24,25,26);1H. The number of nitrogens with one attached hydrogen (secondary N) is 3. The van der Waals surface area contributed by atoms with Gasteiger partial charge in [-0.25, -0.2) is 24.7 Å². The number of carbonyl (C=O) groups excluding carboxylic acids is 3. The van der Waals surface area contributed by atoms with Crippen LogP contribution in [-0.2, 0) is 4.74 Å². The van der Waals surface area contributed by atoms with Gasteiger partial charge in [0.05, 0.1) is 56.3 Å². The molecule has 2 saturated heterocycles. The maximum absolute atomic E-state index is 13.0. The fourth-order valence-electron chi connectivity index (χ4n) is 7.79. The van der Waals surface area contributed by atoms with Gasteiger partial charge in [-0.05, 0) is 123 Å². The van der Waals surface area contributed by atoms with E-state index in [1.807, 2.05) is 37.5 Å². The molecule has 0 atom stereocenters. The van der Waals surface area contributed by atoms with Gasteiger partial charge in [-0.15, -0.1) is 12.4 Å². The van der Waals surface area contributed by atoms with Gasteiger partial charge in [0.25, 0.3) is 11.8 Å². The van der Waals surface area contributed by atoms with Crippen LogP contribution in [0.2, 0.25) is 10.0 Å². The van der Waals surface area contributed by atoms with Crippen molar-refractivity contribution in [2.75, 3.05) is 47.9 Å². The van der Waals surface area contributed by atoms with Gasteiger partial charge < -0.3 is 40.0 Å². The van der Waals surface area contributed by atoms with Crippen LogP contribution in [0.25, 0.3) is 22.5 Å². The van der Waals surface area contributed by atoms with E-state index in [9.17, 15) is 14.4 Å². The highest BCUT2D eigenvalue weighted by atomic mass is 35.5. The third-order valence-electron chi connectivity index (χ3n) is 11.2. The first-order valence-corrected chi connectivity index (χ1v) is 22.7. The number of hydrogen-bond donors (Lipinski definition) is 4. The lowest BCUT2D eigenvalue weighted by Crippen LogP contribution is -2.42. The minimum absolute atomic E-state index is 0. The lowest BCUT2D eigenvalue weighted by atomic mass is 10.0. The normalized spacial score (nSPS) is 14.3. The van der Waals surface area contributed by atoms with Gasteiger partial charge in [0.1, 0.15) is 17.1 Å². The monoisotopic (exact) mass is 988 g/mol. The van der Waals surface area contributed by atoms with E-state index in [-0.39, 0.29) is 36.3 Å². The molecule has 360 valence electrons. The van der Waals surface area contributed by atoms with Crippen LogP contribution in [0.1, 0.15) is 90.1 Å². The molecule has 0 bridgehead atoms. The van der Waals surface area contributed by atoms with Crippen molar-refractivity contribution in [3.63, 3.8) is 0 Å². The average Bonchev–Trinajstić information content (AvgIpc) is 3.82. The summed E-state index contributed by atoms with van der Waals surface area (Å²) in [4.78, 5) is 59.1. The quantitative estimate of drug-likeness (QED) is 0.0988. The van der Waals surface area contributed by atoms with Crippen LogP contribution in [0.4, 0.5) is 28.1 Å². The molecule has 21 heteroatoms. The molecule has 68 heavy (non-hydrogen) atoms. The number of hydrogen-bond acceptors (Lipinski definition) is 15. The maximum atomic E-state index is 13.0. The number of piperidine rings is 2. The second-order valence-electron chi connectivity index (χ2n) is 17.4. The largest absolute Gasteiger partial charge is 0.444 e. The van der Waals surface area contributed by atoms with Crippen molar-refractivity contribution in [3.05, 3.63) is 105 Å². The molecule has 0 unspecified atom stereocenters. The molecule has 0 spiro atoms. The summed E-state index contributed by atoms with van der Waals surface area (Å²) >= 11 is 12.7. The highest BCUT2D eigenvalue weighted by Crippen LogP contribution is 2.33. The number of nitrogen functional groups attached to an aromatic ring is 1. The van der Waals surface area contributed by atoms with Crippen LogP contribution in [0.5, 0.6) is 0 Å². The van der Waals surface area contributed by atoms with Gasteiger partial charge in [0.2, 0.25) is 11.9 Å².